The van der Waals surface area contributed by atoms with Crippen molar-refractivity contribution in [3.05, 3.63) is 29.3 Å². The third kappa shape index (κ3) is 2.88. The van der Waals surface area contributed by atoms with Gasteiger partial charge < -0.3 is 10.1 Å². The van der Waals surface area contributed by atoms with Crippen molar-refractivity contribution in [2.45, 2.75) is 31.0 Å². The molecule has 1 aliphatic rings. The number of hydrogen-bond acceptors (Lipinski definition) is 3. The van der Waals surface area contributed by atoms with Crippen LogP contribution in [0.5, 0.6) is 0 Å². The summed E-state index contributed by atoms with van der Waals surface area (Å²) in [5.74, 6) is 0. The van der Waals surface area contributed by atoms with Crippen molar-refractivity contribution in [2.75, 3.05) is 19.0 Å². The van der Waals surface area contributed by atoms with Gasteiger partial charge in [0.05, 0.1) is 22.8 Å². The van der Waals surface area contributed by atoms with E-state index in [4.69, 9.17) is 10.00 Å². The Kier molecular flexibility index (Phi) is 3.91. The van der Waals surface area contributed by atoms with Gasteiger partial charge >= 0.3 is 6.18 Å². The molecule has 3 nitrogen and oxygen atoms in total. The molecule has 0 aromatic heterocycles. The fourth-order valence-electron chi connectivity index (χ4n) is 2.27. The first kappa shape index (κ1) is 14.7. The minimum atomic E-state index is -4.53. The quantitative estimate of drug-likeness (QED) is 0.919. The molecule has 20 heavy (non-hydrogen) atoms. The highest BCUT2D eigenvalue weighted by molar-refractivity contribution is 5.53. The second-order valence-corrected chi connectivity index (χ2v) is 4.96. The van der Waals surface area contributed by atoms with Crippen molar-refractivity contribution in [2.24, 2.45) is 0 Å². The van der Waals surface area contributed by atoms with Gasteiger partial charge in [0.25, 0.3) is 0 Å². The Labute approximate surface area is 115 Å². The van der Waals surface area contributed by atoms with E-state index in [0.29, 0.717) is 12.2 Å². The van der Waals surface area contributed by atoms with Gasteiger partial charge in [-0.05, 0) is 37.5 Å². The summed E-state index contributed by atoms with van der Waals surface area (Å²) in [4.78, 5) is 0. The smallest absolute Gasteiger partial charge is 0.382 e. The lowest BCUT2D eigenvalue weighted by molar-refractivity contribution is -0.137. The minimum Gasteiger partial charge on any atom is -0.382 e. The summed E-state index contributed by atoms with van der Waals surface area (Å²) in [6.07, 6.45) is -1.66. The Hall–Kier alpha value is -1.74. The average Bonchev–Trinajstić information content (AvgIpc) is 2.37. The van der Waals surface area contributed by atoms with Crippen LogP contribution in [0.25, 0.3) is 0 Å². The number of benzene rings is 1. The normalized spacial score (nSPS) is 17.1. The largest absolute Gasteiger partial charge is 0.417 e. The lowest BCUT2D eigenvalue weighted by Gasteiger charge is -2.40. The van der Waals surface area contributed by atoms with Gasteiger partial charge in [0, 0.05) is 19.3 Å². The molecule has 0 heterocycles. The van der Waals surface area contributed by atoms with Crippen LogP contribution >= 0.6 is 0 Å². The Bertz CT molecular complexity index is 525. The molecule has 1 saturated carbocycles. The maximum Gasteiger partial charge on any atom is 0.417 e. The topological polar surface area (TPSA) is 45.0 Å². The predicted molar refractivity (Wildman–Crippen MR) is 68.2 cm³/mol. The summed E-state index contributed by atoms with van der Waals surface area (Å²) in [7, 11) is 1.61. The average molecular weight is 284 g/mol. The number of nitrogens with one attached hydrogen (secondary N) is 1. The molecule has 1 aromatic carbocycles. The number of rotatable bonds is 4. The third-order valence-corrected chi connectivity index (χ3v) is 3.76. The summed E-state index contributed by atoms with van der Waals surface area (Å²) < 4.78 is 43.9. The van der Waals surface area contributed by atoms with E-state index in [1.807, 2.05) is 0 Å². The van der Waals surface area contributed by atoms with Gasteiger partial charge in [0.1, 0.15) is 0 Å². The lowest BCUT2D eigenvalue weighted by Crippen LogP contribution is -2.45. The summed E-state index contributed by atoms with van der Waals surface area (Å²) >= 11 is 0. The van der Waals surface area contributed by atoms with E-state index in [1.54, 1.807) is 13.2 Å². The molecule has 0 aliphatic heterocycles. The van der Waals surface area contributed by atoms with Gasteiger partial charge in [0.2, 0.25) is 0 Å². The first-order chi connectivity index (χ1) is 9.40. The summed E-state index contributed by atoms with van der Waals surface area (Å²) in [5, 5.41) is 11.7. The molecule has 1 fully saturated rings. The van der Waals surface area contributed by atoms with Crippen LogP contribution in [0.1, 0.15) is 30.4 Å². The van der Waals surface area contributed by atoms with Crippen molar-refractivity contribution in [3.8, 4) is 6.07 Å². The van der Waals surface area contributed by atoms with Gasteiger partial charge in [-0.15, -0.1) is 0 Å². The van der Waals surface area contributed by atoms with Crippen LogP contribution in [-0.2, 0) is 10.9 Å². The maximum absolute atomic E-state index is 12.8. The highest BCUT2D eigenvalue weighted by Crippen LogP contribution is 2.36. The molecule has 1 aliphatic carbocycles. The first-order valence-corrected chi connectivity index (χ1v) is 6.31. The summed E-state index contributed by atoms with van der Waals surface area (Å²) in [5.41, 5.74) is -1.20. The monoisotopic (exact) mass is 284 g/mol. The molecule has 0 amide bonds. The van der Waals surface area contributed by atoms with E-state index >= 15 is 0 Å². The van der Waals surface area contributed by atoms with Gasteiger partial charge in [-0.1, -0.05) is 0 Å². The molecule has 0 atom stereocenters. The molecule has 0 spiro atoms. The molecule has 0 radical (unpaired) electrons. The van der Waals surface area contributed by atoms with Gasteiger partial charge in [-0.25, -0.2) is 0 Å². The zero-order valence-corrected chi connectivity index (χ0v) is 11.0. The minimum absolute atomic E-state index is 0.272. The number of alkyl halides is 3. The van der Waals surface area contributed by atoms with E-state index in [2.05, 4.69) is 5.32 Å². The number of nitrogens with zero attached hydrogens (tertiary/aromatic N) is 1. The van der Waals surface area contributed by atoms with E-state index < -0.39 is 11.7 Å². The van der Waals surface area contributed by atoms with Crippen molar-refractivity contribution in [1.82, 2.24) is 0 Å². The highest BCUT2D eigenvalue weighted by Gasteiger charge is 2.37. The fraction of sp³-hybridized carbons (Fsp3) is 0.500. The van der Waals surface area contributed by atoms with Crippen molar-refractivity contribution in [3.63, 3.8) is 0 Å². The van der Waals surface area contributed by atoms with E-state index in [-0.39, 0.29) is 11.2 Å². The molecular weight excluding hydrogens is 269 g/mol. The van der Waals surface area contributed by atoms with Crippen LogP contribution in [0, 0.1) is 11.3 Å². The van der Waals surface area contributed by atoms with E-state index in [9.17, 15) is 13.2 Å². The fourth-order valence-corrected chi connectivity index (χ4v) is 2.27. The van der Waals surface area contributed by atoms with E-state index in [1.165, 1.54) is 12.1 Å². The number of methoxy groups -OCH3 is 1. The Morgan fingerprint density at radius 3 is 2.55 bits per heavy atom. The second-order valence-electron chi connectivity index (χ2n) is 4.96. The molecule has 2 rings (SSSR count). The Morgan fingerprint density at radius 1 is 1.40 bits per heavy atom. The van der Waals surface area contributed by atoms with Crippen LogP contribution in [0.3, 0.4) is 0 Å². The van der Waals surface area contributed by atoms with Crippen LogP contribution in [-0.4, -0.2) is 19.3 Å². The van der Waals surface area contributed by atoms with Gasteiger partial charge in [0.15, 0.2) is 0 Å². The molecular formula is C14H15F3N2O. The number of nitriles is 1. The summed E-state index contributed by atoms with van der Waals surface area (Å²) in [6, 6.07) is 5.20. The Morgan fingerprint density at radius 2 is 2.10 bits per heavy atom. The molecule has 1 N–H and O–H groups in total. The van der Waals surface area contributed by atoms with Crippen LogP contribution in [0.2, 0.25) is 0 Å². The van der Waals surface area contributed by atoms with Crippen molar-refractivity contribution < 1.29 is 17.9 Å². The summed E-state index contributed by atoms with van der Waals surface area (Å²) in [6.45, 7) is 0.465. The van der Waals surface area contributed by atoms with E-state index in [0.717, 1.165) is 25.3 Å². The van der Waals surface area contributed by atoms with Crippen LogP contribution in [0.4, 0.5) is 18.9 Å². The SMILES string of the molecule is COC1(CNc2ccc(C#N)c(C(F)(F)F)c2)CCC1. The highest BCUT2D eigenvalue weighted by atomic mass is 19.4. The van der Waals surface area contributed by atoms with Gasteiger partial charge in [-0.3, -0.25) is 0 Å². The predicted octanol–water partition coefficient (Wildman–Crippen LogP) is 3.56. The molecule has 0 bridgehead atoms. The zero-order valence-electron chi connectivity index (χ0n) is 11.0. The molecule has 108 valence electrons. The second kappa shape index (κ2) is 5.33. The van der Waals surface area contributed by atoms with Crippen LogP contribution in [0.15, 0.2) is 18.2 Å². The molecule has 6 heteroatoms. The van der Waals surface area contributed by atoms with Crippen LogP contribution < -0.4 is 5.32 Å². The molecule has 1 aromatic rings. The molecule has 0 unspecified atom stereocenters. The standard InChI is InChI=1S/C14H15F3N2O/c1-20-13(5-2-6-13)9-19-11-4-3-10(8-18)12(7-11)14(15,16)17/h3-4,7,19H,2,5-6,9H2,1H3. The first-order valence-electron chi connectivity index (χ1n) is 6.31. The number of anilines is 1. The third-order valence-electron chi connectivity index (χ3n) is 3.76. The lowest BCUT2D eigenvalue weighted by atomic mass is 9.80. The maximum atomic E-state index is 12.8. The van der Waals surface area contributed by atoms with Crippen molar-refractivity contribution in [1.29, 1.82) is 5.26 Å². The number of hydrogen-bond donors (Lipinski definition) is 1. The number of ether oxygens (including phenoxy) is 1. The number of halogens is 3. The van der Waals surface area contributed by atoms with Crippen molar-refractivity contribution >= 4 is 5.69 Å². The zero-order chi connectivity index (χ0) is 14.8. The van der Waals surface area contributed by atoms with Gasteiger partial charge in [-0.2, -0.15) is 18.4 Å². The Balaban J connectivity index is 2.15. The molecule has 0 saturated heterocycles.